The molecule has 0 aliphatic rings. The van der Waals surface area contributed by atoms with E-state index in [2.05, 4.69) is 0 Å². The van der Waals surface area contributed by atoms with Crippen molar-refractivity contribution in [1.82, 2.24) is 0 Å². The summed E-state index contributed by atoms with van der Waals surface area (Å²) in [5, 5.41) is 9.43. The van der Waals surface area contributed by atoms with E-state index in [9.17, 15) is 9.90 Å². The first kappa shape index (κ1) is 11.4. The second-order valence-corrected chi connectivity index (χ2v) is 3.02. The molecule has 0 unspecified atom stereocenters. The molecule has 0 bridgehead atoms. The van der Waals surface area contributed by atoms with Gasteiger partial charge in [0.25, 0.3) is 0 Å². The minimum Gasteiger partial charge on any atom is -0.504 e. The number of aromatic hydroxyl groups is 1. The Hall–Kier alpha value is -1.71. The van der Waals surface area contributed by atoms with Gasteiger partial charge in [-0.15, -0.1) is 0 Å². The van der Waals surface area contributed by atoms with Crippen LogP contribution in [0.25, 0.3) is 0 Å². The maximum atomic E-state index is 11.4. The molecular weight excluding hydrogens is 196 g/mol. The van der Waals surface area contributed by atoms with Gasteiger partial charge in [0.2, 0.25) is 0 Å². The van der Waals surface area contributed by atoms with Crippen LogP contribution < -0.4 is 4.74 Å². The number of ether oxygens (including phenoxy) is 2. The van der Waals surface area contributed by atoms with Crippen LogP contribution in [0.15, 0.2) is 18.2 Å². The Morgan fingerprint density at radius 2 is 2.20 bits per heavy atom. The molecule has 1 rings (SSSR count). The summed E-state index contributed by atoms with van der Waals surface area (Å²) < 4.78 is 9.77. The van der Waals surface area contributed by atoms with Crippen molar-refractivity contribution in [3.8, 4) is 11.5 Å². The molecule has 0 spiro atoms. The van der Waals surface area contributed by atoms with Gasteiger partial charge in [-0.3, -0.25) is 0 Å². The van der Waals surface area contributed by atoms with Gasteiger partial charge >= 0.3 is 5.97 Å². The minimum absolute atomic E-state index is 0.0663. The fraction of sp³-hybridized carbons (Fsp3) is 0.364. The molecule has 0 aliphatic carbocycles. The molecule has 82 valence electrons. The van der Waals surface area contributed by atoms with E-state index < -0.39 is 5.97 Å². The quantitative estimate of drug-likeness (QED) is 0.772. The number of hydrogen-bond donors (Lipinski definition) is 1. The predicted octanol–water partition coefficient (Wildman–Crippen LogP) is 1.97. The average molecular weight is 210 g/mol. The topological polar surface area (TPSA) is 55.8 Å². The number of carbonyl (C=O) groups excluding carboxylic acids is 1. The lowest BCUT2D eigenvalue weighted by molar-refractivity contribution is 0.0504. The first-order valence-electron chi connectivity index (χ1n) is 4.73. The summed E-state index contributed by atoms with van der Waals surface area (Å²) in [5.41, 5.74) is 0.321. The van der Waals surface area contributed by atoms with Crippen LogP contribution in [-0.2, 0) is 4.74 Å². The van der Waals surface area contributed by atoms with Crippen LogP contribution in [0.3, 0.4) is 0 Å². The third-order valence-corrected chi connectivity index (χ3v) is 1.85. The van der Waals surface area contributed by atoms with Crippen LogP contribution in [0.4, 0.5) is 0 Å². The standard InChI is InChI=1S/C11H14O4/c1-3-6-15-11(13)8-4-5-10(14-2)9(12)7-8/h4-5,7,12H,3,6H2,1-2H3. The SMILES string of the molecule is CCCOC(=O)c1ccc(OC)c(O)c1. The summed E-state index contributed by atoms with van der Waals surface area (Å²) in [7, 11) is 1.45. The van der Waals surface area contributed by atoms with Crippen molar-refractivity contribution in [2.45, 2.75) is 13.3 Å². The second kappa shape index (κ2) is 5.24. The van der Waals surface area contributed by atoms with Gasteiger partial charge in [-0.2, -0.15) is 0 Å². The van der Waals surface area contributed by atoms with Crippen molar-refractivity contribution in [3.63, 3.8) is 0 Å². The lowest BCUT2D eigenvalue weighted by Gasteiger charge is -2.06. The minimum atomic E-state index is -0.435. The molecule has 4 nitrogen and oxygen atoms in total. The lowest BCUT2D eigenvalue weighted by Crippen LogP contribution is -2.05. The number of methoxy groups -OCH3 is 1. The van der Waals surface area contributed by atoms with Crippen LogP contribution in [-0.4, -0.2) is 24.8 Å². The van der Waals surface area contributed by atoms with Crippen molar-refractivity contribution in [3.05, 3.63) is 23.8 Å². The van der Waals surface area contributed by atoms with Crippen LogP contribution in [0.2, 0.25) is 0 Å². The van der Waals surface area contributed by atoms with E-state index in [0.717, 1.165) is 6.42 Å². The third kappa shape index (κ3) is 2.87. The maximum absolute atomic E-state index is 11.4. The molecule has 15 heavy (non-hydrogen) atoms. The first-order chi connectivity index (χ1) is 7.19. The molecule has 1 N–H and O–H groups in total. The zero-order valence-corrected chi connectivity index (χ0v) is 8.82. The molecular formula is C11H14O4. The summed E-state index contributed by atoms with van der Waals surface area (Å²) in [6, 6.07) is 4.41. The largest absolute Gasteiger partial charge is 0.504 e. The number of benzene rings is 1. The molecule has 1 aromatic rings. The highest BCUT2D eigenvalue weighted by molar-refractivity contribution is 5.90. The molecule has 0 saturated heterocycles. The number of hydrogen-bond acceptors (Lipinski definition) is 4. The fourth-order valence-corrected chi connectivity index (χ4v) is 1.10. The molecule has 0 saturated carbocycles. The number of carbonyl (C=O) groups is 1. The van der Waals surface area contributed by atoms with Crippen LogP contribution >= 0.6 is 0 Å². The summed E-state index contributed by atoms with van der Waals surface area (Å²) in [4.78, 5) is 11.4. The van der Waals surface area contributed by atoms with Crippen molar-refractivity contribution >= 4 is 5.97 Å². The molecule has 1 aromatic carbocycles. The van der Waals surface area contributed by atoms with Crippen LogP contribution in [0.5, 0.6) is 11.5 Å². The summed E-state index contributed by atoms with van der Waals surface area (Å²) in [6.07, 6.45) is 0.772. The van der Waals surface area contributed by atoms with Crippen molar-refractivity contribution < 1.29 is 19.4 Å². The number of phenolic OH excluding ortho intramolecular Hbond substituents is 1. The van der Waals surface area contributed by atoms with E-state index in [1.54, 1.807) is 6.07 Å². The van der Waals surface area contributed by atoms with E-state index in [1.165, 1.54) is 19.2 Å². The van der Waals surface area contributed by atoms with Gasteiger partial charge in [-0.25, -0.2) is 4.79 Å². The van der Waals surface area contributed by atoms with E-state index in [0.29, 0.717) is 17.9 Å². The maximum Gasteiger partial charge on any atom is 0.338 e. The van der Waals surface area contributed by atoms with Gasteiger partial charge in [-0.1, -0.05) is 6.92 Å². The summed E-state index contributed by atoms with van der Waals surface area (Å²) in [5.74, 6) is -0.166. The zero-order valence-electron chi connectivity index (χ0n) is 8.82. The van der Waals surface area contributed by atoms with Gasteiger partial charge in [0, 0.05) is 0 Å². The Balaban J connectivity index is 2.78. The smallest absolute Gasteiger partial charge is 0.338 e. The highest BCUT2D eigenvalue weighted by Crippen LogP contribution is 2.26. The van der Waals surface area contributed by atoms with Gasteiger partial charge < -0.3 is 14.6 Å². The molecule has 0 aromatic heterocycles. The third-order valence-electron chi connectivity index (χ3n) is 1.85. The van der Waals surface area contributed by atoms with Gasteiger partial charge in [0.1, 0.15) is 0 Å². The highest BCUT2D eigenvalue weighted by atomic mass is 16.5. The molecule has 0 aliphatic heterocycles. The monoisotopic (exact) mass is 210 g/mol. The fourth-order valence-electron chi connectivity index (χ4n) is 1.10. The van der Waals surface area contributed by atoms with Gasteiger partial charge in [0.15, 0.2) is 11.5 Å². The molecule has 0 fully saturated rings. The van der Waals surface area contributed by atoms with E-state index in [1.807, 2.05) is 6.92 Å². The molecule has 0 atom stereocenters. The van der Waals surface area contributed by atoms with Gasteiger partial charge in [-0.05, 0) is 24.6 Å². The van der Waals surface area contributed by atoms with Crippen LogP contribution in [0.1, 0.15) is 23.7 Å². The zero-order chi connectivity index (χ0) is 11.3. The Bertz CT molecular complexity index is 346. The van der Waals surface area contributed by atoms with Gasteiger partial charge in [0.05, 0.1) is 19.3 Å². The Morgan fingerprint density at radius 1 is 1.47 bits per heavy atom. The van der Waals surface area contributed by atoms with Crippen molar-refractivity contribution in [1.29, 1.82) is 0 Å². The lowest BCUT2D eigenvalue weighted by atomic mass is 10.2. The number of rotatable bonds is 4. The molecule has 0 radical (unpaired) electrons. The number of phenols is 1. The van der Waals surface area contributed by atoms with Crippen molar-refractivity contribution in [2.24, 2.45) is 0 Å². The Labute approximate surface area is 88.4 Å². The normalized spacial score (nSPS) is 9.73. The molecule has 4 heteroatoms. The predicted molar refractivity (Wildman–Crippen MR) is 55.2 cm³/mol. The average Bonchev–Trinajstić information content (AvgIpc) is 2.25. The Kier molecular flexibility index (Phi) is 3.97. The van der Waals surface area contributed by atoms with E-state index in [4.69, 9.17) is 9.47 Å². The highest BCUT2D eigenvalue weighted by Gasteiger charge is 2.09. The van der Waals surface area contributed by atoms with E-state index >= 15 is 0 Å². The second-order valence-electron chi connectivity index (χ2n) is 3.02. The molecule has 0 amide bonds. The van der Waals surface area contributed by atoms with Crippen LogP contribution in [0, 0.1) is 0 Å². The van der Waals surface area contributed by atoms with E-state index in [-0.39, 0.29) is 5.75 Å². The Morgan fingerprint density at radius 3 is 2.73 bits per heavy atom. The molecule has 0 heterocycles. The summed E-state index contributed by atoms with van der Waals surface area (Å²) >= 11 is 0. The number of esters is 1. The summed E-state index contributed by atoms with van der Waals surface area (Å²) in [6.45, 7) is 2.30. The first-order valence-corrected chi connectivity index (χ1v) is 4.73. The van der Waals surface area contributed by atoms with Crippen molar-refractivity contribution in [2.75, 3.05) is 13.7 Å².